The molecule has 20 heavy (non-hydrogen) atoms. The summed E-state index contributed by atoms with van der Waals surface area (Å²) < 4.78 is 0. The van der Waals surface area contributed by atoms with Gasteiger partial charge in [0.1, 0.15) is 0 Å². The van der Waals surface area contributed by atoms with Gasteiger partial charge >= 0.3 is 5.97 Å². The van der Waals surface area contributed by atoms with Gasteiger partial charge in [-0.3, -0.25) is 0 Å². The Bertz CT molecular complexity index is 677. The summed E-state index contributed by atoms with van der Waals surface area (Å²) in [6.45, 7) is 1.96. The maximum absolute atomic E-state index is 10.9. The largest absolute Gasteiger partial charge is 0.478 e. The van der Waals surface area contributed by atoms with Crippen LogP contribution in [0.1, 0.15) is 33.5 Å². The van der Waals surface area contributed by atoms with Gasteiger partial charge in [0.15, 0.2) is 0 Å². The highest BCUT2D eigenvalue weighted by Crippen LogP contribution is 2.33. The van der Waals surface area contributed by atoms with Crippen LogP contribution >= 0.6 is 11.8 Å². The van der Waals surface area contributed by atoms with Crippen LogP contribution in [0.25, 0.3) is 0 Å². The molecule has 0 saturated carbocycles. The molecule has 0 fully saturated rings. The lowest BCUT2D eigenvalue weighted by molar-refractivity contribution is 0.0696. The van der Waals surface area contributed by atoms with Crippen molar-refractivity contribution in [3.05, 3.63) is 58.7 Å². The molecule has 0 heterocycles. The van der Waals surface area contributed by atoms with E-state index < -0.39 is 5.97 Å². The zero-order chi connectivity index (χ0) is 14.1. The van der Waals surface area contributed by atoms with Crippen LogP contribution in [0.4, 0.5) is 0 Å². The van der Waals surface area contributed by atoms with E-state index in [0.29, 0.717) is 5.56 Å². The number of carbonyl (C=O) groups is 1. The van der Waals surface area contributed by atoms with Crippen LogP contribution in [0, 0.1) is 6.92 Å². The molecular formula is C17H16O2S. The summed E-state index contributed by atoms with van der Waals surface area (Å²) in [4.78, 5) is 13.3. The second-order valence-electron chi connectivity index (χ2n) is 5.17. The summed E-state index contributed by atoms with van der Waals surface area (Å²) in [7, 11) is 0. The van der Waals surface area contributed by atoms with E-state index in [1.54, 1.807) is 23.9 Å². The monoisotopic (exact) mass is 284 g/mol. The summed E-state index contributed by atoms with van der Waals surface area (Å²) in [5.74, 6) is -0.873. The Morgan fingerprint density at radius 1 is 1.10 bits per heavy atom. The van der Waals surface area contributed by atoms with Crippen LogP contribution < -0.4 is 0 Å². The fraction of sp³-hybridized carbons (Fsp3) is 0.235. The molecule has 1 N–H and O–H groups in total. The zero-order valence-electron chi connectivity index (χ0n) is 11.3. The van der Waals surface area contributed by atoms with Gasteiger partial charge in [0, 0.05) is 9.79 Å². The number of aryl methyl sites for hydroxylation is 3. The fourth-order valence-electron chi connectivity index (χ4n) is 2.64. The fourth-order valence-corrected chi connectivity index (χ4v) is 3.58. The van der Waals surface area contributed by atoms with E-state index in [4.69, 9.17) is 5.11 Å². The van der Waals surface area contributed by atoms with E-state index in [-0.39, 0.29) is 0 Å². The molecule has 0 saturated heterocycles. The molecule has 0 aromatic heterocycles. The van der Waals surface area contributed by atoms with Crippen molar-refractivity contribution < 1.29 is 9.90 Å². The number of benzene rings is 2. The summed E-state index contributed by atoms with van der Waals surface area (Å²) in [5, 5.41) is 8.99. The van der Waals surface area contributed by atoms with Gasteiger partial charge in [-0.25, -0.2) is 4.79 Å². The SMILES string of the molecule is Cc1cc(C(=O)O)ccc1Sc1ccc2c(c1)CCC2. The van der Waals surface area contributed by atoms with Crippen LogP contribution in [-0.2, 0) is 12.8 Å². The molecule has 1 aliphatic rings. The quantitative estimate of drug-likeness (QED) is 0.911. The van der Waals surface area contributed by atoms with Gasteiger partial charge in [0.2, 0.25) is 0 Å². The molecule has 3 heteroatoms. The summed E-state index contributed by atoms with van der Waals surface area (Å²) in [6.07, 6.45) is 3.64. The smallest absolute Gasteiger partial charge is 0.335 e. The molecule has 0 atom stereocenters. The molecule has 0 unspecified atom stereocenters. The molecule has 0 spiro atoms. The third-order valence-electron chi connectivity index (χ3n) is 3.72. The zero-order valence-corrected chi connectivity index (χ0v) is 12.2. The second-order valence-corrected chi connectivity index (χ2v) is 6.29. The Kier molecular flexibility index (Phi) is 3.53. The Balaban J connectivity index is 1.86. The van der Waals surface area contributed by atoms with Gasteiger partial charge in [-0.15, -0.1) is 0 Å². The first-order valence-electron chi connectivity index (χ1n) is 6.77. The standard InChI is InChI=1S/C17H16O2S/c1-11-9-14(17(18)19)6-8-16(11)20-15-7-5-12-3-2-4-13(12)10-15/h5-10H,2-4H2,1H3,(H,18,19). The van der Waals surface area contributed by atoms with Gasteiger partial charge in [0.25, 0.3) is 0 Å². The van der Waals surface area contributed by atoms with Crippen LogP contribution in [-0.4, -0.2) is 11.1 Å². The molecule has 0 aliphatic heterocycles. The average molecular weight is 284 g/mol. The van der Waals surface area contributed by atoms with Gasteiger partial charge in [-0.05, 0) is 73.2 Å². The highest BCUT2D eigenvalue weighted by atomic mass is 32.2. The van der Waals surface area contributed by atoms with Crippen molar-refractivity contribution in [2.24, 2.45) is 0 Å². The second kappa shape index (κ2) is 5.33. The number of rotatable bonds is 3. The number of hydrogen-bond acceptors (Lipinski definition) is 2. The summed E-state index contributed by atoms with van der Waals surface area (Å²) in [5.41, 5.74) is 4.30. The molecule has 0 radical (unpaired) electrons. The third-order valence-corrected chi connectivity index (χ3v) is 4.89. The maximum atomic E-state index is 10.9. The molecule has 2 nitrogen and oxygen atoms in total. The molecule has 0 bridgehead atoms. The molecule has 2 aromatic carbocycles. The number of fused-ring (bicyclic) bond motifs is 1. The first-order chi connectivity index (χ1) is 9.63. The third kappa shape index (κ3) is 2.59. The predicted octanol–water partition coefficient (Wildman–Crippen LogP) is 4.33. The van der Waals surface area contributed by atoms with Crippen LogP contribution in [0.15, 0.2) is 46.2 Å². The molecular weight excluding hydrogens is 268 g/mol. The van der Waals surface area contributed by atoms with Crippen molar-refractivity contribution in [2.75, 3.05) is 0 Å². The summed E-state index contributed by atoms with van der Waals surface area (Å²) in [6, 6.07) is 12.0. The topological polar surface area (TPSA) is 37.3 Å². The molecule has 0 amide bonds. The highest BCUT2D eigenvalue weighted by Gasteiger charge is 2.12. The normalized spacial score (nSPS) is 13.2. The van der Waals surface area contributed by atoms with E-state index in [0.717, 1.165) is 10.5 Å². The number of hydrogen-bond donors (Lipinski definition) is 1. The first-order valence-corrected chi connectivity index (χ1v) is 7.59. The highest BCUT2D eigenvalue weighted by molar-refractivity contribution is 7.99. The maximum Gasteiger partial charge on any atom is 0.335 e. The Morgan fingerprint density at radius 3 is 2.65 bits per heavy atom. The van der Waals surface area contributed by atoms with Crippen LogP contribution in [0.5, 0.6) is 0 Å². The van der Waals surface area contributed by atoms with E-state index in [2.05, 4.69) is 18.2 Å². The van der Waals surface area contributed by atoms with Crippen molar-refractivity contribution >= 4 is 17.7 Å². The first kappa shape index (κ1) is 13.3. The van der Waals surface area contributed by atoms with Crippen molar-refractivity contribution in [3.63, 3.8) is 0 Å². The average Bonchev–Trinajstić information content (AvgIpc) is 2.88. The van der Waals surface area contributed by atoms with Gasteiger partial charge in [-0.2, -0.15) is 0 Å². The molecule has 102 valence electrons. The molecule has 3 rings (SSSR count). The number of aromatic carboxylic acids is 1. The van der Waals surface area contributed by atoms with Gasteiger partial charge in [-0.1, -0.05) is 17.8 Å². The van der Waals surface area contributed by atoms with Crippen molar-refractivity contribution in [2.45, 2.75) is 36.0 Å². The molecule has 1 aliphatic carbocycles. The Morgan fingerprint density at radius 2 is 1.90 bits per heavy atom. The lowest BCUT2D eigenvalue weighted by Gasteiger charge is -2.08. The predicted molar refractivity (Wildman–Crippen MR) is 80.7 cm³/mol. The minimum absolute atomic E-state index is 0.348. The van der Waals surface area contributed by atoms with Gasteiger partial charge < -0.3 is 5.11 Å². The molecule has 2 aromatic rings. The van der Waals surface area contributed by atoms with E-state index >= 15 is 0 Å². The van der Waals surface area contributed by atoms with Crippen molar-refractivity contribution in [1.29, 1.82) is 0 Å². The van der Waals surface area contributed by atoms with E-state index in [1.807, 2.05) is 13.0 Å². The minimum Gasteiger partial charge on any atom is -0.478 e. The lowest BCUT2D eigenvalue weighted by atomic mass is 10.1. The van der Waals surface area contributed by atoms with Crippen LogP contribution in [0.2, 0.25) is 0 Å². The number of carboxylic acids is 1. The minimum atomic E-state index is -0.873. The van der Waals surface area contributed by atoms with Crippen LogP contribution in [0.3, 0.4) is 0 Å². The van der Waals surface area contributed by atoms with E-state index in [9.17, 15) is 4.79 Å². The Hall–Kier alpha value is -1.74. The summed E-state index contributed by atoms with van der Waals surface area (Å²) >= 11 is 1.71. The van der Waals surface area contributed by atoms with Crippen molar-refractivity contribution in [3.8, 4) is 0 Å². The van der Waals surface area contributed by atoms with Crippen molar-refractivity contribution in [1.82, 2.24) is 0 Å². The Labute approximate surface area is 122 Å². The lowest BCUT2D eigenvalue weighted by Crippen LogP contribution is -1.96. The van der Waals surface area contributed by atoms with Gasteiger partial charge in [0.05, 0.1) is 5.56 Å². The van der Waals surface area contributed by atoms with E-state index in [1.165, 1.54) is 35.3 Å². The number of carboxylic acid groups (broad SMARTS) is 1.